The first kappa shape index (κ1) is 12.4. The number of rotatable bonds is 1. The Balaban J connectivity index is 1.82. The van der Waals surface area contributed by atoms with Gasteiger partial charge in [-0.2, -0.15) is 0 Å². The number of fused-ring (bicyclic) bond motifs is 4. The molecule has 20 heavy (non-hydrogen) atoms. The number of allylic oxidation sites excluding steroid dienone is 2. The van der Waals surface area contributed by atoms with Gasteiger partial charge in [0.1, 0.15) is 5.78 Å². The summed E-state index contributed by atoms with van der Waals surface area (Å²) in [5.74, 6) is 1.66. The van der Waals surface area contributed by atoms with E-state index in [1.807, 2.05) is 0 Å². The Hall–Kier alpha value is -1.37. The van der Waals surface area contributed by atoms with Crippen molar-refractivity contribution in [1.82, 2.24) is 0 Å². The summed E-state index contributed by atoms with van der Waals surface area (Å²) >= 11 is 0. The zero-order valence-electron chi connectivity index (χ0n) is 12.4. The van der Waals surface area contributed by atoms with E-state index in [1.165, 1.54) is 23.1 Å². The molecule has 1 aromatic rings. The Morgan fingerprint density at radius 1 is 1.25 bits per heavy atom. The summed E-state index contributed by atoms with van der Waals surface area (Å²) in [4.78, 5) is 12.8. The Morgan fingerprint density at radius 3 is 2.75 bits per heavy atom. The van der Waals surface area contributed by atoms with Gasteiger partial charge in [0.05, 0.1) is 0 Å². The van der Waals surface area contributed by atoms with Crippen LogP contribution in [0.1, 0.15) is 55.7 Å². The van der Waals surface area contributed by atoms with Gasteiger partial charge in [0, 0.05) is 11.8 Å². The Bertz CT molecular complexity index is 623. The maximum atomic E-state index is 12.8. The second-order valence-electron chi connectivity index (χ2n) is 7.25. The van der Waals surface area contributed by atoms with Crippen molar-refractivity contribution in [3.63, 3.8) is 0 Å². The number of hydrogen-bond donors (Lipinski definition) is 0. The monoisotopic (exact) mass is 266 g/mol. The van der Waals surface area contributed by atoms with Crippen molar-refractivity contribution in [3.05, 3.63) is 46.5 Å². The van der Waals surface area contributed by atoms with Crippen LogP contribution in [0.3, 0.4) is 0 Å². The van der Waals surface area contributed by atoms with E-state index in [0.29, 0.717) is 24.0 Å². The maximum absolute atomic E-state index is 12.8. The molecule has 1 spiro atoms. The van der Waals surface area contributed by atoms with Crippen LogP contribution >= 0.6 is 0 Å². The minimum absolute atomic E-state index is 0.0396. The van der Waals surface area contributed by atoms with Crippen LogP contribution in [0.15, 0.2) is 29.8 Å². The molecule has 4 rings (SSSR count). The van der Waals surface area contributed by atoms with Gasteiger partial charge in [-0.15, -0.1) is 0 Å². The lowest BCUT2D eigenvalue weighted by atomic mass is 9.62. The zero-order chi connectivity index (χ0) is 13.9. The van der Waals surface area contributed by atoms with Crippen molar-refractivity contribution in [3.8, 4) is 0 Å². The van der Waals surface area contributed by atoms with Crippen molar-refractivity contribution in [1.29, 1.82) is 0 Å². The molecule has 3 aliphatic rings. The molecule has 3 aliphatic carbocycles. The van der Waals surface area contributed by atoms with Gasteiger partial charge in [-0.3, -0.25) is 4.79 Å². The highest BCUT2D eigenvalue weighted by atomic mass is 16.1. The second-order valence-corrected chi connectivity index (χ2v) is 7.25. The number of benzene rings is 1. The smallest absolute Gasteiger partial charge is 0.144 e. The zero-order valence-corrected chi connectivity index (χ0v) is 12.4. The average molecular weight is 266 g/mol. The molecule has 0 aliphatic heterocycles. The molecule has 1 saturated carbocycles. The largest absolute Gasteiger partial charge is 0.299 e. The van der Waals surface area contributed by atoms with E-state index in [-0.39, 0.29) is 5.41 Å². The molecular formula is C19H22O. The summed E-state index contributed by atoms with van der Waals surface area (Å²) in [5, 5.41) is 0. The minimum Gasteiger partial charge on any atom is -0.299 e. The van der Waals surface area contributed by atoms with Crippen LogP contribution in [0, 0.1) is 11.3 Å². The summed E-state index contributed by atoms with van der Waals surface area (Å²) < 4.78 is 0. The summed E-state index contributed by atoms with van der Waals surface area (Å²) in [7, 11) is 0. The van der Waals surface area contributed by atoms with Gasteiger partial charge >= 0.3 is 0 Å². The first-order valence-corrected chi connectivity index (χ1v) is 7.92. The Kier molecular flexibility index (Phi) is 2.52. The van der Waals surface area contributed by atoms with E-state index in [4.69, 9.17) is 0 Å². The summed E-state index contributed by atoms with van der Waals surface area (Å²) in [6.45, 7) is 4.53. The number of Topliss-reactive ketones (excluding diaryl/α,β-unsaturated/α-hetero) is 1. The lowest BCUT2D eigenvalue weighted by molar-refractivity contribution is -0.131. The van der Waals surface area contributed by atoms with Crippen LogP contribution in [0.5, 0.6) is 0 Å². The topological polar surface area (TPSA) is 17.1 Å². The first-order chi connectivity index (χ1) is 9.60. The fraction of sp³-hybridized carbons (Fsp3) is 0.526. The summed E-state index contributed by atoms with van der Waals surface area (Å²) in [5.41, 5.74) is 5.76. The normalized spacial score (nSPS) is 31.1. The van der Waals surface area contributed by atoms with E-state index in [9.17, 15) is 4.79 Å². The Labute approximate surface area is 121 Å². The van der Waals surface area contributed by atoms with E-state index >= 15 is 0 Å². The molecule has 2 unspecified atom stereocenters. The van der Waals surface area contributed by atoms with Gasteiger partial charge < -0.3 is 0 Å². The van der Waals surface area contributed by atoms with E-state index in [1.54, 1.807) is 5.57 Å². The molecule has 104 valence electrons. The number of ketones is 1. The number of carbonyl (C=O) groups is 1. The minimum atomic E-state index is -0.0396. The molecule has 0 heterocycles. The predicted molar refractivity (Wildman–Crippen MR) is 80.8 cm³/mol. The predicted octanol–water partition coefficient (Wildman–Crippen LogP) is 4.20. The molecular weight excluding hydrogens is 244 g/mol. The molecule has 0 aromatic heterocycles. The summed E-state index contributed by atoms with van der Waals surface area (Å²) in [6, 6.07) is 6.56. The highest BCUT2D eigenvalue weighted by Gasteiger charge is 2.53. The lowest BCUT2D eigenvalue weighted by Gasteiger charge is -2.40. The standard InChI is InChI=1S/C19H22O/c1-12(2)16-5-3-4-14-9-18(20)19(11-17(14)16)10-13-6-7-15(19)8-13/h3-6,12,15H,7-11H2,1-2H3. The molecule has 0 amide bonds. The highest BCUT2D eigenvalue weighted by Crippen LogP contribution is 2.57. The van der Waals surface area contributed by atoms with Crippen molar-refractivity contribution in [2.24, 2.45) is 11.3 Å². The third-order valence-corrected chi connectivity index (χ3v) is 5.85. The van der Waals surface area contributed by atoms with Gasteiger partial charge in [0.2, 0.25) is 0 Å². The number of carbonyl (C=O) groups excluding carboxylic acids is 1. The average Bonchev–Trinajstić information content (AvgIpc) is 3.00. The van der Waals surface area contributed by atoms with E-state index < -0.39 is 0 Å². The second kappa shape index (κ2) is 4.07. The van der Waals surface area contributed by atoms with Gasteiger partial charge in [-0.1, -0.05) is 43.7 Å². The molecule has 0 saturated heterocycles. The van der Waals surface area contributed by atoms with Crippen molar-refractivity contribution in [2.45, 2.75) is 51.9 Å². The molecule has 2 bridgehead atoms. The molecule has 1 nitrogen and oxygen atoms in total. The van der Waals surface area contributed by atoms with Crippen LogP contribution in [0.2, 0.25) is 0 Å². The van der Waals surface area contributed by atoms with Crippen LogP contribution in [0.25, 0.3) is 0 Å². The SMILES string of the molecule is CC(C)c1cccc2c1CC1(CC3=CCC1C3)C(=O)C2. The summed E-state index contributed by atoms with van der Waals surface area (Å²) in [6.07, 6.45) is 7.41. The van der Waals surface area contributed by atoms with Crippen molar-refractivity contribution in [2.75, 3.05) is 0 Å². The molecule has 0 radical (unpaired) electrons. The maximum Gasteiger partial charge on any atom is 0.144 e. The first-order valence-electron chi connectivity index (χ1n) is 7.92. The molecule has 2 atom stereocenters. The molecule has 1 aromatic carbocycles. The lowest BCUT2D eigenvalue weighted by Crippen LogP contribution is -2.42. The Morgan fingerprint density at radius 2 is 2.10 bits per heavy atom. The van der Waals surface area contributed by atoms with Crippen molar-refractivity contribution >= 4 is 5.78 Å². The number of hydrogen-bond acceptors (Lipinski definition) is 1. The third kappa shape index (κ3) is 1.52. The van der Waals surface area contributed by atoms with Crippen LogP contribution in [0.4, 0.5) is 0 Å². The van der Waals surface area contributed by atoms with Crippen LogP contribution < -0.4 is 0 Å². The van der Waals surface area contributed by atoms with Gasteiger partial charge in [-0.05, 0) is 54.2 Å². The molecule has 0 N–H and O–H groups in total. The fourth-order valence-corrected chi connectivity index (χ4v) is 4.78. The van der Waals surface area contributed by atoms with Gasteiger partial charge in [0.25, 0.3) is 0 Å². The van der Waals surface area contributed by atoms with Gasteiger partial charge in [-0.25, -0.2) is 0 Å². The van der Waals surface area contributed by atoms with E-state index in [0.717, 1.165) is 19.3 Å². The van der Waals surface area contributed by atoms with E-state index in [2.05, 4.69) is 38.1 Å². The third-order valence-electron chi connectivity index (χ3n) is 5.85. The van der Waals surface area contributed by atoms with Crippen LogP contribution in [-0.4, -0.2) is 5.78 Å². The molecule has 1 heteroatoms. The van der Waals surface area contributed by atoms with Gasteiger partial charge in [0.15, 0.2) is 0 Å². The fourth-order valence-electron chi connectivity index (χ4n) is 4.78. The van der Waals surface area contributed by atoms with Crippen LogP contribution in [-0.2, 0) is 17.6 Å². The molecule has 1 fully saturated rings. The highest BCUT2D eigenvalue weighted by molar-refractivity contribution is 5.91. The van der Waals surface area contributed by atoms with Crippen molar-refractivity contribution < 1.29 is 4.79 Å². The quantitative estimate of drug-likeness (QED) is 0.696.